The van der Waals surface area contributed by atoms with Crippen LogP contribution in [0, 0.1) is 0 Å². The molecular weight excluding hydrogens is 1230 g/mol. The van der Waals surface area contributed by atoms with Crippen molar-refractivity contribution in [3.63, 3.8) is 0 Å². The number of allylic oxidation sites excluding steroid dienone is 8. The molecule has 0 aliphatic rings. The minimum atomic E-state index is -4.97. The Labute approximate surface area is 572 Å². The van der Waals surface area contributed by atoms with E-state index in [1.807, 2.05) is 0 Å². The maximum atomic E-state index is 13.1. The first-order chi connectivity index (χ1) is 45.7. The fourth-order valence-corrected chi connectivity index (χ4v) is 12.0. The van der Waals surface area contributed by atoms with Gasteiger partial charge in [0.25, 0.3) is 0 Å². The number of hydrogen-bond donors (Lipinski definition) is 3. The second kappa shape index (κ2) is 68.5. The van der Waals surface area contributed by atoms with E-state index in [-0.39, 0.29) is 25.7 Å². The molecule has 0 bridgehead atoms. The Balaban J connectivity index is 5.30. The molecule has 19 heteroatoms. The van der Waals surface area contributed by atoms with E-state index in [2.05, 4.69) is 76.3 Å². The van der Waals surface area contributed by atoms with Crippen molar-refractivity contribution in [3.8, 4) is 0 Å². The Morgan fingerprint density at radius 3 is 0.872 bits per heavy atom. The zero-order valence-electron chi connectivity index (χ0n) is 59.9. The lowest BCUT2D eigenvalue weighted by Gasteiger charge is -2.21. The van der Waals surface area contributed by atoms with Crippen LogP contribution >= 0.6 is 15.6 Å². The third-order valence-corrected chi connectivity index (χ3v) is 18.1. The van der Waals surface area contributed by atoms with E-state index in [0.29, 0.717) is 25.7 Å². The summed E-state index contributed by atoms with van der Waals surface area (Å²) in [6.45, 7) is 4.79. The Morgan fingerprint density at radius 2 is 0.553 bits per heavy atom. The fourth-order valence-electron chi connectivity index (χ4n) is 10.4. The highest BCUT2D eigenvalue weighted by molar-refractivity contribution is 7.47. The van der Waals surface area contributed by atoms with Crippen molar-refractivity contribution in [3.05, 3.63) is 48.6 Å². The Hall–Kier alpha value is -2.98. The highest BCUT2D eigenvalue weighted by Gasteiger charge is 2.30. The van der Waals surface area contributed by atoms with Crippen LogP contribution in [0.5, 0.6) is 0 Å². The summed E-state index contributed by atoms with van der Waals surface area (Å²) in [5.41, 5.74) is 0. The van der Waals surface area contributed by atoms with Crippen LogP contribution in [0.2, 0.25) is 0 Å². The number of unbranched alkanes of at least 4 members (excludes halogenated alkanes) is 38. The van der Waals surface area contributed by atoms with Crippen LogP contribution in [-0.2, 0) is 65.4 Å². The monoisotopic (exact) mass is 1370 g/mol. The second-order valence-electron chi connectivity index (χ2n) is 25.6. The first-order valence-corrected chi connectivity index (χ1v) is 40.9. The van der Waals surface area contributed by atoms with Crippen LogP contribution < -0.4 is 0 Å². The van der Waals surface area contributed by atoms with Crippen LogP contribution in [0.1, 0.15) is 349 Å². The van der Waals surface area contributed by atoms with Crippen LogP contribution in [0.15, 0.2) is 48.6 Å². The number of aliphatic hydroxyl groups is 1. The standard InChI is InChI=1S/C75H138O17P2/c1-5-9-13-17-21-25-29-32-34-37-41-44-48-52-56-60-73(78)86-66-71(92-75(80)62-58-54-50-46-42-38-35-33-30-26-22-18-14-10-6-2)68-90-94(83,84)88-64-69(76)63-87-93(81,82)89-67-70(91-74(79)61-57-53-49-45-39-28-24-20-16-12-8-4)65-85-72(77)59-55-51-47-43-40-36-31-27-23-19-15-11-7-3/h15,19-20,24,27,31-32,34,69-71,76H,5-14,16-18,21-23,25-26,28-30,33,35-68H2,1-4H3,(H,81,82)(H,83,84)/b19-15-,24-20-,31-27-,34-32-. The lowest BCUT2D eigenvalue weighted by molar-refractivity contribution is -0.161. The maximum absolute atomic E-state index is 13.1. The Morgan fingerprint density at radius 1 is 0.298 bits per heavy atom. The summed E-state index contributed by atoms with van der Waals surface area (Å²) in [7, 11) is -9.93. The largest absolute Gasteiger partial charge is 0.472 e. The second-order valence-corrected chi connectivity index (χ2v) is 28.5. The van der Waals surface area contributed by atoms with Crippen molar-refractivity contribution in [2.75, 3.05) is 39.6 Å². The third-order valence-electron chi connectivity index (χ3n) is 16.2. The van der Waals surface area contributed by atoms with Gasteiger partial charge in [0.2, 0.25) is 0 Å². The number of phosphoric ester groups is 2. The number of rotatable bonds is 72. The quantitative estimate of drug-likeness (QED) is 0.0169. The molecule has 0 amide bonds. The number of hydrogen-bond acceptors (Lipinski definition) is 15. The van der Waals surface area contributed by atoms with Crippen LogP contribution in [0.4, 0.5) is 0 Å². The lowest BCUT2D eigenvalue weighted by Crippen LogP contribution is -2.30. The van der Waals surface area contributed by atoms with Gasteiger partial charge < -0.3 is 33.8 Å². The number of aliphatic hydroxyl groups excluding tert-OH is 1. The summed E-state index contributed by atoms with van der Waals surface area (Å²) < 4.78 is 68.4. The first kappa shape index (κ1) is 91.0. The topological polar surface area (TPSA) is 237 Å². The molecule has 0 radical (unpaired) electrons. The van der Waals surface area contributed by atoms with Crippen LogP contribution in [0.3, 0.4) is 0 Å². The molecule has 5 unspecified atom stereocenters. The summed E-state index contributed by atoms with van der Waals surface area (Å²) in [5, 5.41) is 10.6. The lowest BCUT2D eigenvalue weighted by atomic mass is 10.0. The van der Waals surface area contributed by atoms with Gasteiger partial charge in [0.05, 0.1) is 26.4 Å². The summed E-state index contributed by atoms with van der Waals surface area (Å²) in [6.07, 6.45) is 63.9. The van der Waals surface area contributed by atoms with E-state index < -0.39 is 97.5 Å². The van der Waals surface area contributed by atoms with Gasteiger partial charge in [0.15, 0.2) is 12.2 Å². The maximum Gasteiger partial charge on any atom is 0.472 e. The number of esters is 4. The highest BCUT2D eigenvalue weighted by atomic mass is 31.2. The van der Waals surface area contributed by atoms with Gasteiger partial charge in [-0.2, -0.15) is 0 Å². The minimum Gasteiger partial charge on any atom is -0.462 e. The van der Waals surface area contributed by atoms with E-state index in [1.165, 1.54) is 116 Å². The SMILES string of the molecule is CCC/C=C\C/C=C\CCCCCCCC(=O)OCC(COP(=O)(O)OCC(O)COP(=O)(O)OCC(COC(=O)CCCCCCC/C=C\CCCCCCCC)OC(=O)CCCCCCCCCCCCCCCCC)OC(=O)CCCCCCC/C=C\CCCC. The van der Waals surface area contributed by atoms with Gasteiger partial charge in [0, 0.05) is 25.7 Å². The highest BCUT2D eigenvalue weighted by Crippen LogP contribution is 2.45. The Bertz CT molecular complexity index is 1980. The van der Waals surface area contributed by atoms with E-state index in [0.717, 1.165) is 154 Å². The van der Waals surface area contributed by atoms with Crippen molar-refractivity contribution < 1.29 is 80.2 Å². The molecule has 0 fully saturated rings. The molecule has 0 aromatic rings. The molecule has 0 spiro atoms. The van der Waals surface area contributed by atoms with Crippen LogP contribution in [-0.4, -0.2) is 96.7 Å². The molecule has 0 aliphatic carbocycles. The number of carbonyl (C=O) groups is 4. The predicted octanol–water partition coefficient (Wildman–Crippen LogP) is 21.3. The number of ether oxygens (including phenoxy) is 4. The van der Waals surface area contributed by atoms with Gasteiger partial charge in [-0.15, -0.1) is 0 Å². The zero-order chi connectivity index (χ0) is 69.0. The van der Waals surface area contributed by atoms with Crippen molar-refractivity contribution >= 4 is 39.5 Å². The van der Waals surface area contributed by atoms with Crippen molar-refractivity contribution in [1.29, 1.82) is 0 Å². The molecule has 0 aromatic heterocycles. The minimum absolute atomic E-state index is 0.0855. The predicted molar refractivity (Wildman–Crippen MR) is 381 cm³/mol. The van der Waals surface area contributed by atoms with Crippen molar-refractivity contribution in [2.24, 2.45) is 0 Å². The van der Waals surface area contributed by atoms with Gasteiger partial charge >= 0.3 is 39.5 Å². The Kier molecular flexibility index (Phi) is 66.4. The summed E-state index contributed by atoms with van der Waals surface area (Å²) in [6, 6.07) is 0. The van der Waals surface area contributed by atoms with Crippen molar-refractivity contribution in [2.45, 2.75) is 367 Å². The average Bonchev–Trinajstić information content (AvgIpc) is 1.22. The molecular formula is C75H138O17P2. The normalized spacial score (nSPS) is 14.2. The van der Waals surface area contributed by atoms with Gasteiger partial charge in [-0.1, -0.05) is 275 Å². The molecule has 0 rings (SSSR count). The first-order valence-electron chi connectivity index (χ1n) is 37.9. The van der Waals surface area contributed by atoms with E-state index in [1.54, 1.807) is 0 Å². The molecule has 0 aromatic carbocycles. The fraction of sp³-hybridized carbons (Fsp3) is 0.840. The van der Waals surface area contributed by atoms with Gasteiger partial charge in [0.1, 0.15) is 19.3 Å². The molecule has 0 heterocycles. The van der Waals surface area contributed by atoms with Crippen LogP contribution in [0.25, 0.3) is 0 Å². The number of phosphoric acid groups is 2. The number of carbonyl (C=O) groups excluding carboxylic acids is 4. The zero-order valence-corrected chi connectivity index (χ0v) is 61.7. The molecule has 0 aliphatic heterocycles. The van der Waals surface area contributed by atoms with E-state index in [9.17, 15) is 43.2 Å². The van der Waals surface area contributed by atoms with Gasteiger partial charge in [-0.25, -0.2) is 9.13 Å². The third kappa shape index (κ3) is 67.6. The molecule has 17 nitrogen and oxygen atoms in total. The molecule has 3 N–H and O–H groups in total. The van der Waals surface area contributed by atoms with Gasteiger partial charge in [-0.05, 0) is 96.3 Å². The smallest absolute Gasteiger partial charge is 0.462 e. The molecule has 5 atom stereocenters. The molecule has 0 saturated carbocycles. The summed E-state index contributed by atoms with van der Waals surface area (Å²) in [5.74, 6) is -2.18. The molecule has 550 valence electrons. The summed E-state index contributed by atoms with van der Waals surface area (Å²) in [4.78, 5) is 72.7. The summed E-state index contributed by atoms with van der Waals surface area (Å²) >= 11 is 0. The van der Waals surface area contributed by atoms with E-state index in [4.69, 9.17) is 37.0 Å². The van der Waals surface area contributed by atoms with Gasteiger partial charge in [-0.3, -0.25) is 37.3 Å². The molecule has 0 saturated heterocycles. The molecule has 94 heavy (non-hydrogen) atoms. The van der Waals surface area contributed by atoms with Crippen molar-refractivity contribution in [1.82, 2.24) is 0 Å². The average molecular weight is 1370 g/mol. The van der Waals surface area contributed by atoms with E-state index >= 15 is 0 Å².